The van der Waals surface area contributed by atoms with E-state index in [0.717, 1.165) is 24.9 Å². The smallest absolute Gasteiger partial charge is 0.354 e. The van der Waals surface area contributed by atoms with Crippen molar-refractivity contribution in [3.8, 4) is 0 Å². The lowest BCUT2D eigenvalue weighted by Gasteiger charge is -2.21. The molecule has 0 saturated heterocycles. The van der Waals surface area contributed by atoms with Gasteiger partial charge in [-0.15, -0.1) is 0 Å². The Kier molecular flexibility index (Phi) is 6.49. The van der Waals surface area contributed by atoms with Gasteiger partial charge in [-0.2, -0.15) is 0 Å². The van der Waals surface area contributed by atoms with Crippen LogP contribution in [0.4, 0.5) is 4.79 Å². The fraction of sp³-hybridized carbons (Fsp3) is 0.500. The lowest BCUT2D eigenvalue weighted by atomic mass is 10.2. The van der Waals surface area contributed by atoms with Crippen molar-refractivity contribution in [3.63, 3.8) is 0 Å². The lowest BCUT2D eigenvalue weighted by Crippen LogP contribution is -2.40. The molecule has 0 spiro atoms. The predicted octanol–water partition coefficient (Wildman–Crippen LogP) is 2.11. The minimum atomic E-state index is -1.06. The second kappa shape index (κ2) is 8.14. The van der Waals surface area contributed by atoms with Crippen LogP contribution < -0.4 is 5.32 Å². The maximum Gasteiger partial charge on any atom is 0.354 e. The number of carboxylic acid groups (broad SMARTS) is 1. The molecule has 1 aromatic heterocycles. The molecule has 0 saturated carbocycles. The summed E-state index contributed by atoms with van der Waals surface area (Å²) in [4.78, 5) is 28.2. The van der Waals surface area contributed by atoms with E-state index in [0.29, 0.717) is 13.1 Å². The molecule has 0 aromatic carbocycles. The average molecular weight is 279 g/mol. The number of aromatic nitrogens is 1. The third-order valence-electron chi connectivity index (χ3n) is 2.94. The first kappa shape index (κ1) is 15.9. The molecule has 110 valence electrons. The Morgan fingerprint density at radius 2 is 2.10 bits per heavy atom. The zero-order chi connectivity index (χ0) is 15.0. The standard InChI is InChI=1S/C14H21N3O3/c1-3-5-8-17(4-2)14(20)16-10-11-6-7-12(13(18)19)15-9-11/h6-7,9H,3-5,8,10H2,1-2H3,(H,16,20)(H,18,19). The molecule has 6 nitrogen and oxygen atoms in total. The van der Waals surface area contributed by atoms with E-state index in [1.807, 2.05) is 6.92 Å². The van der Waals surface area contributed by atoms with Crippen molar-refractivity contribution in [2.75, 3.05) is 13.1 Å². The molecule has 0 unspecified atom stereocenters. The van der Waals surface area contributed by atoms with E-state index in [-0.39, 0.29) is 11.7 Å². The second-order valence-electron chi connectivity index (χ2n) is 4.45. The van der Waals surface area contributed by atoms with E-state index in [2.05, 4.69) is 17.2 Å². The van der Waals surface area contributed by atoms with Gasteiger partial charge >= 0.3 is 12.0 Å². The van der Waals surface area contributed by atoms with Crippen LogP contribution in [0.1, 0.15) is 42.7 Å². The largest absolute Gasteiger partial charge is 0.477 e. The first-order valence-electron chi connectivity index (χ1n) is 6.79. The van der Waals surface area contributed by atoms with Gasteiger partial charge in [0.15, 0.2) is 0 Å². The zero-order valence-corrected chi connectivity index (χ0v) is 11.9. The van der Waals surface area contributed by atoms with Crippen molar-refractivity contribution < 1.29 is 14.7 Å². The third kappa shape index (κ3) is 4.87. The highest BCUT2D eigenvalue weighted by molar-refractivity contribution is 5.85. The van der Waals surface area contributed by atoms with Crippen molar-refractivity contribution in [1.29, 1.82) is 0 Å². The fourth-order valence-electron chi connectivity index (χ4n) is 1.70. The highest BCUT2D eigenvalue weighted by Gasteiger charge is 2.10. The quantitative estimate of drug-likeness (QED) is 0.800. The minimum Gasteiger partial charge on any atom is -0.477 e. The van der Waals surface area contributed by atoms with E-state index < -0.39 is 5.97 Å². The Balaban J connectivity index is 2.49. The van der Waals surface area contributed by atoms with Gasteiger partial charge in [0, 0.05) is 25.8 Å². The number of pyridine rings is 1. The van der Waals surface area contributed by atoms with Gasteiger partial charge in [0.2, 0.25) is 0 Å². The first-order valence-corrected chi connectivity index (χ1v) is 6.79. The monoisotopic (exact) mass is 279 g/mol. The van der Waals surface area contributed by atoms with Crippen LogP contribution >= 0.6 is 0 Å². The Hall–Kier alpha value is -2.11. The number of nitrogens with one attached hydrogen (secondary N) is 1. The summed E-state index contributed by atoms with van der Waals surface area (Å²) in [7, 11) is 0. The SMILES string of the molecule is CCCCN(CC)C(=O)NCc1ccc(C(=O)O)nc1. The molecule has 2 N–H and O–H groups in total. The normalized spacial score (nSPS) is 10.1. The molecule has 1 aromatic rings. The number of carboxylic acids is 1. The van der Waals surface area contributed by atoms with E-state index in [9.17, 15) is 9.59 Å². The summed E-state index contributed by atoms with van der Waals surface area (Å²) in [5.41, 5.74) is 0.771. The van der Waals surface area contributed by atoms with Gasteiger partial charge in [-0.3, -0.25) is 0 Å². The highest BCUT2D eigenvalue weighted by Crippen LogP contribution is 2.01. The number of hydrogen-bond acceptors (Lipinski definition) is 3. The van der Waals surface area contributed by atoms with Gasteiger partial charge in [-0.1, -0.05) is 19.4 Å². The van der Waals surface area contributed by atoms with Gasteiger partial charge < -0.3 is 15.3 Å². The topological polar surface area (TPSA) is 82.5 Å². The van der Waals surface area contributed by atoms with E-state index in [1.54, 1.807) is 11.0 Å². The van der Waals surface area contributed by atoms with Crippen LogP contribution in [0.5, 0.6) is 0 Å². The number of aromatic carboxylic acids is 1. The fourth-order valence-corrected chi connectivity index (χ4v) is 1.70. The molecule has 0 radical (unpaired) electrons. The van der Waals surface area contributed by atoms with Crippen LogP contribution in [0, 0.1) is 0 Å². The number of carbonyl (C=O) groups excluding carboxylic acids is 1. The highest BCUT2D eigenvalue weighted by atomic mass is 16.4. The Labute approximate surface area is 118 Å². The summed E-state index contributed by atoms with van der Waals surface area (Å²) >= 11 is 0. The van der Waals surface area contributed by atoms with Gasteiger partial charge in [0.1, 0.15) is 5.69 Å². The summed E-state index contributed by atoms with van der Waals surface area (Å²) in [6, 6.07) is 2.97. The molecule has 2 amide bonds. The Morgan fingerprint density at radius 1 is 1.35 bits per heavy atom. The number of urea groups is 1. The first-order chi connectivity index (χ1) is 9.58. The number of nitrogens with zero attached hydrogens (tertiary/aromatic N) is 2. The number of carbonyl (C=O) groups is 2. The second-order valence-corrected chi connectivity index (χ2v) is 4.45. The molecular formula is C14H21N3O3. The number of unbranched alkanes of at least 4 members (excludes halogenated alkanes) is 1. The minimum absolute atomic E-state index is 0.00166. The Bertz CT molecular complexity index is 445. The summed E-state index contributed by atoms with van der Waals surface area (Å²) in [6.07, 6.45) is 3.49. The van der Waals surface area contributed by atoms with Crippen molar-refractivity contribution in [2.24, 2.45) is 0 Å². The van der Waals surface area contributed by atoms with Gasteiger partial charge in [-0.25, -0.2) is 14.6 Å². The van der Waals surface area contributed by atoms with Crippen molar-refractivity contribution in [2.45, 2.75) is 33.2 Å². The molecule has 0 bridgehead atoms. The molecule has 0 aliphatic heterocycles. The van der Waals surface area contributed by atoms with Crippen LogP contribution in [0.2, 0.25) is 0 Å². The van der Waals surface area contributed by atoms with Crippen LogP contribution in [0.15, 0.2) is 18.3 Å². The van der Waals surface area contributed by atoms with E-state index in [4.69, 9.17) is 5.11 Å². The summed E-state index contributed by atoms with van der Waals surface area (Å²) < 4.78 is 0. The molecule has 0 aliphatic rings. The van der Waals surface area contributed by atoms with Crippen molar-refractivity contribution >= 4 is 12.0 Å². The van der Waals surface area contributed by atoms with E-state index >= 15 is 0 Å². The lowest BCUT2D eigenvalue weighted by molar-refractivity contribution is 0.0690. The molecule has 0 atom stereocenters. The molecule has 1 heterocycles. The van der Waals surface area contributed by atoms with Crippen LogP contribution in [0.25, 0.3) is 0 Å². The number of hydrogen-bond donors (Lipinski definition) is 2. The van der Waals surface area contributed by atoms with Crippen LogP contribution in [-0.4, -0.2) is 40.1 Å². The summed E-state index contributed by atoms with van der Waals surface area (Å²) in [5, 5.41) is 11.5. The van der Waals surface area contributed by atoms with Crippen LogP contribution in [-0.2, 0) is 6.54 Å². The van der Waals surface area contributed by atoms with E-state index in [1.165, 1.54) is 12.3 Å². The molecular weight excluding hydrogens is 258 g/mol. The number of amides is 2. The molecule has 1 rings (SSSR count). The van der Waals surface area contributed by atoms with Crippen LogP contribution in [0.3, 0.4) is 0 Å². The van der Waals surface area contributed by atoms with Crippen molar-refractivity contribution in [1.82, 2.24) is 15.2 Å². The Morgan fingerprint density at radius 3 is 2.60 bits per heavy atom. The van der Waals surface area contributed by atoms with Gasteiger partial charge in [0.25, 0.3) is 0 Å². The average Bonchev–Trinajstić information content (AvgIpc) is 2.46. The number of rotatable bonds is 7. The van der Waals surface area contributed by atoms with Crippen molar-refractivity contribution in [3.05, 3.63) is 29.6 Å². The summed E-state index contributed by atoms with van der Waals surface area (Å²) in [6.45, 7) is 5.78. The molecule has 0 fully saturated rings. The third-order valence-corrected chi connectivity index (χ3v) is 2.94. The maximum absolute atomic E-state index is 11.9. The van der Waals surface area contributed by atoms with Gasteiger partial charge in [-0.05, 0) is 25.0 Å². The molecule has 6 heteroatoms. The zero-order valence-electron chi connectivity index (χ0n) is 11.9. The van der Waals surface area contributed by atoms with Gasteiger partial charge in [0.05, 0.1) is 0 Å². The predicted molar refractivity (Wildman–Crippen MR) is 75.6 cm³/mol. The molecule has 0 aliphatic carbocycles. The molecule has 20 heavy (non-hydrogen) atoms. The summed E-state index contributed by atoms with van der Waals surface area (Å²) in [5.74, 6) is -1.06. The maximum atomic E-state index is 11.9.